The van der Waals surface area contributed by atoms with Gasteiger partial charge in [0.05, 0.1) is 5.69 Å². The first-order chi connectivity index (χ1) is 16.4. The molecule has 0 radical (unpaired) electrons. The van der Waals surface area contributed by atoms with Crippen molar-refractivity contribution in [2.75, 3.05) is 5.32 Å². The van der Waals surface area contributed by atoms with E-state index in [0.717, 1.165) is 9.25 Å². The summed E-state index contributed by atoms with van der Waals surface area (Å²) in [6.45, 7) is 3.43. The number of nitrogens with one attached hydrogen (secondary N) is 1. The van der Waals surface area contributed by atoms with E-state index in [1.807, 2.05) is 0 Å². The number of hydrogen-bond donors (Lipinski definition) is 1. The highest BCUT2D eigenvalue weighted by Crippen LogP contribution is 2.15. The fourth-order valence-electron chi connectivity index (χ4n) is 3.24. The Bertz CT molecular complexity index is 1460. The Morgan fingerprint density at radius 1 is 1.15 bits per heavy atom. The first-order valence-corrected chi connectivity index (χ1v) is 10.6. The van der Waals surface area contributed by atoms with E-state index in [1.54, 1.807) is 56.3 Å². The molecular weight excluding hydrogens is 443 g/mol. The largest absolute Gasteiger partial charge is 0.352 e. The van der Waals surface area contributed by atoms with Crippen LogP contribution in [0.1, 0.15) is 24.8 Å². The third-order valence-electron chi connectivity index (χ3n) is 5.08. The molecule has 0 atom stereocenters. The molecule has 0 fully saturated rings. The number of aromatic nitrogens is 5. The Balaban J connectivity index is 1.54. The van der Waals surface area contributed by atoms with Gasteiger partial charge in [0.25, 0.3) is 5.56 Å². The monoisotopic (exact) mass is 464 g/mol. The van der Waals surface area contributed by atoms with Gasteiger partial charge in [-0.1, -0.05) is 29.4 Å². The zero-order valence-corrected chi connectivity index (χ0v) is 18.5. The van der Waals surface area contributed by atoms with Crippen molar-refractivity contribution in [3.05, 3.63) is 86.6 Å². The van der Waals surface area contributed by atoms with Gasteiger partial charge in [-0.05, 0) is 43.7 Å². The average molecular weight is 464 g/mol. The molecule has 174 valence electrons. The molecule has 0 aliphatic rings. The molecule has 0 aliphatic heterocycles. The summed E-state index contributed by atoms with van der Waals surface area (Å²) < 4.78 is 21.0. The van der Waals surface area contributed by atoms with Gasteiger partial charge >= 0.3 is 5.69 Å². The lowest BCUT2D eigenvalue weighted by Crippen LogP contribution is -2.41. The molecule has 0 saturated heterocycles. The maximum absolute atomic E-state index is 13.7. The maximum atomic E-state index is 13.7. The Labute approximate surface area is 192 Å². The van der Waals surface area contributed by atoms with E-state index in [1.165, 1.54) is 6.07 Å². The molecule has 1 amide bonds. The Hall–Kier alpha value is -4.41. The molecule has 4 rings (SSSR count). The van der Waals surface area contributed by atoms with Crippen LogP contribution in [0.25, 0.3) is 17.2 Å². The summed E-state index contributed by atoms with van der Waals surface area (Å²) in [5.41, 5.74) is -0.0946. The molecule has 2 aromatic heterocycles. The first-order valence-electron chi connectivity index (χ1n) is 10.6. The number of benzene rings is 2. The minimum Gasteiger partial charge on any atom is -0.339 e. The molecule has 0 unspecified atom stereocenters. The van der Waals surface area contributed by atoms with Crippen molar-refractivity contribution in [2.45, 2.75) is 33.2 Å². The lowest BCUT2D eigenvalue weighted by atomic mass is 10.2. The normalized spacial score (nSPS) is 10.9. The van der Waals surface area contributed by atoms with Crippen LogP contribution in [0.2, 0.25) is 0 Å². The van der Waals surface area contributed by atoms with Gasteiger partial charge < -0.3 is 9.84 Å². The smallest absolute Gasteiger partial charge is 0.339 e. The van der Waals surface area contributed by atoms with Crippen LogP contribution in [0.4, 0.5) is 10.1 Å². The van der Waals surface area contributed by atoms with Crippen LogP contribution in [0.3, 0.4) is 0 Å². The summed E-state index contributed by atoms with van der Waals surface area (Å²) in [5.74, 6) is -0.761. The summed E-state index contributed by atoms with van der Waals surface area (Å²) in [5, 5.41) is 10.6. The quantitative estimate of drug-likeness (QED) is 0.445. The second kappa shape index (κ2) is 9.61. The molecule has 1 N–H and O–H groups in total. The standard InChI is InChI=1S/C23H21FN6O4/c1-3-29-22(32)20(27-30(23(29)33)16-7-5-4-6-8-16)21-26-19(34-28-21)12-11-18(31)25-15-10-9-14(2)17(24)13-15/h4-10,13H,3,11-12H2,1-2H3,(H,25,31). The van der Waals surface area contributed by atoms with Gasteiger partial charge in [0.2, 0.25) is 17.6 Å². The van der Waals surface area contributed by atoms with Gasteiger partial charge in [0.15, 0.2) is 5.69 Å². The van der Waals surface area contributed by atoms with Gasteiger partial charge in [-0.25, -0.2) is 9.18 Å². The summed E-state index contributed by atoms with van der Waals surface area (Å²) in [4.78, 5) is 41.9. The van der Waals surface area contributed by atoms with Crippen LogP contribution in [0.15, 0.2) is 62.6 Å². The number of rotatable bonds is 7. The third-order valence-corrected chi connectivity index (χ3v) is 5.08. The van der Waals surface area contributed by atoms with Gasteiger partial charge in [0.1, 0.15) is 5.82 Å². The van der Waals surface area contributed by atoms with Crippen LogP contribution < -0.4 is 16.6 Å². The van der Waals surface area contributed by atoms with Gasteiger partial charge in [-0.3, -0.25) is 14.2 Å². The maximum Gasteiger partial charge on any atom is 0.352 e. The number of anilines is 1. The lowest BCUT2D eigenvalue weighted by molar-refractivity contribution is -0.116. The van der Waals surface area contributed by atoms with Crippen molar-refractivity contribution < 1.29 is 13.7 Å². The van der Waals surface area contributed by atoms with Crippen molar-refractivity contribution in [1.29, 1.82) is 0 Å². The fraction of sp³-hybridized carbons (Fsp3) is 0.217. The van der Waals surface area contributed by atoms with E-state index < -0.39 is 17.1 Å². The number of nitrogens with zero attached hydrogens (tertiary/aromatic N) is 5. The summed E-state index contributed by atoms with van der Waals surface area (Å²) in [6.07, 6.45) is 0.0841. The molecule has 11 heteroatoms. The van der Waals surface area contributed by atoms with Crippen molar-refractivity contribution in [3.8, 4) is 17.2 Å². The second-order valence-electron chi connectivity index (χ2n) is 7.45. The Morgan fingerprint density at radius 2 is 1.91 bits per heavy atom. The van der Waals surface area contributed by atoms with Crippen LogP contribution in [0.5, 0.6) is 0 Å². The number of carbonyl (C=O) groups is 1. The number of carbonyl (C=O) groups excluding carboxylic acids is 1. The zero-order chi connectivity index (χ0) is 24.2. The molecule has 0 aliphatic carbocycles. The Morgan fingerprint density at radius 3 is 2.62 bits per heavy atom. The molecule has 0 bridgehead atoms. The number of hydrogen-bond acceptors (Lipinski definition) is 7. The molecular formula is C23H21FN6O4. The highest BCUT2D eigenvalue weighted by Gasteiger charge is 2.20. The van der Waals surface area contributed by atoms with E-state index in [4.69, 9.17) is 4.52 Å². The van der Waals surface area contributed by atoms with E-state index in [-0.39, 0.29) is 42.7 Å². The van der Waals surface area contributed by atoms with E-state index >= 15 is 0 Å². The number of amides is 1. The van der Waals surface area contributed by atoms with Crippen LogP contribution in [-0.4, -0.2) is 30.4 Å². The molecule has 2 heterocycles. The highest BCUT2D eigenvalue weighted by atomic mass is 19.1. The number of aryl methyl sites for hydroxylation is 2. The van der Waals surface area contributed by atoms with E-state index in [2.05, 4.69) is 20.6 Å². The van der Waals surface area contributed by atoms with Crippen LogP contribution >= 0.6 is 0 Å². The molecule has 0 spiro atoms. The summed E-state index contributed by atoms with van der Waals surface area (Å²) in [6, 6.07) is 13.1. The zero-order valence-electron chi connectivity index (χ0n) is 18.5. The molecule has 4 aromatic rings. The molecule has 0 saturated carbocycles. The Kier molecular flexibility index (Phi) is 6.44. The lowest BCUT2D eigenvalue weighted by Gasteiger charge is -2.09. The number of para-hydroxylation sites is 1. The minimum atomic E-state index is -0.647. The van der Waals surface area contributed by atoms with Gasteiger partial charge in [0, 0.05) is 25.1 Å². The third kappa shape index (κ3) is 4.68. The topological polar surface area (TPSA) is 125 Å². The summed E-state index contributed by atoms with van der Waals surface area (Å²) >= 11 is 0. The van der Waals surface area contributed by atoms with Crippen molar-refractivity contribution in [1.82, 2.24) is 24.5 Å². The van der Waals surface area contributed by atoms with Crippen molar-refractivity contribution in [2.24, 2.45) is 0 Å². The molecule has 10 nitrogen and oxygen atoms in total. The highest BCUT2D eigenvalue weighted by molar-refractivity contribution is 5.90. The predicted octanol–water partition coefficient (Wildman–Crippen LogP) is 2.48. The van der Waals surface area contributed by atoms with E-state index in [0.29, 0.717) is 16.9 Å². The predicted molar refractivity (Wildman–Crippen MR) is 121 cm³/mol. The minimum absolute atomic E-state index is 0.00668. The van der Waals surface area contributed by atoms with Crippen molar-refractivity contribution in [3.63, 3.8) is 0 Å². The van der Waals surface area contributed by atoms with Crippen LogP contribution in [-0.2, 0) is 17.8 Å². The van der Waals surface area contributed by atoms with Gasteiger partial charge in [-0.15, -0.1) is 0 Å². The van der Waals surface area contributed by atoms with E-state index in [9.17, 15) is 18.8 Å². The fourth-order valence-corrected chi connectivity index (χ4v) is 3.24. The second-order valence-corrected chi connectivity index (χ2v) is 7.45. The van der Waals surface area contributed by atoms with Gasteiger partial charge in [-0.2, -0.15) is 14.8 Å². The first kappa shape index (κ1) is 22.8. The average Bonchev–Trinajstić information content (AvgIpc) is 3.30. The van der Waals surface area contributed by atoms with Crippen molar-refractivity contribution >= 4 is 11.6 Å². The summed E-state index contributed by atoms with van der Waals surface area (Å²) in [7, 11) is 0. The molecule has 2 aromatic carbocycles. The SMILES string of the molecule is CCn1c(=O)c(-c2noc(CCC(=O)Nc3ccc(C)c(F)c3)n2)nn(-c2ccccc2)c1=O. The number of halogens is 1. The molecule has 34 heavy (non-hydrogen) atoms. The van der Waals surface area contributed by atoms with Crippen LogP contribution in [0, 0.1) is 12.7 Å².